The number of hydrogen-bond donors (Lipinski definition) is 0. The fourth-order valence-electron chi connectivity index (χ4n) is 4.04. The summed E-state index contributed by atoms with van der Waals surface area (Å²) in [6.45, 7) is 6.13. The van der Waals surface area contributed by atoms with Gasteiger partial charge in [-0.2, -0.15) is 0 Å². The minimum Gasteiger partial charge on any atom is -0.378 e. The highest BCUT2D eigenvalue weighted by atomic mass is 16.5. The van der Waals surface area contributed by atoms with E-state index in [1.54, 1.807) is 0 Å². The summed E-state index contributed by atoms with van der Waals surface area (Å²) in [4.78, 5) is 29.4. The van der Waals surface area contributed by atoms with Gasteiger partial charge in [-0.15, -0.1) is 0 Å². The molecule has 2 aliphatic rings. The summed E-state index contributed by atoms with van der Waals surface area (Å²) in [6.07, 6.45) is 3.31. The largest absolute Gasteiger partial charge is 0.378 e. The first-order valence-corrected chi connectivity index (χ1v) is 9.88. The first kappa shape index (κ1) is 18.9. The van der Waals surface area contributed by atoms with Crippen molar-refractivity contribution in [2.75, 3.05) is 32.8 Å². The van der Waals surface area contributed by atoms with Gasteiger partial charge in [0.25, 0.3) is 0 Å². The molecule has 0 atom stereocenters. The third-order valence-electron chi connectivity index (χ3n) is 5.66. The summed E-state index contributed by atoms with van der Waals surface area (Å²) in [5, 5.41) is 0. The Balaban J connectivity index is 1.51. The van der Waals surface area contributed by atoms with E-state index in [2.05, 4.69) is 12.1 Å². The quantitative estimate of drug-likeness (QED) is 0.813. The summed E-state index contributed by atoms with van der Waals surface area (Å²) in [7, 11) is 0. The Labute approximate surface area is 156 Å². The number of rotatable bonds is 5. The van der Waals surface area contributed by atoms with Crippen molar-refractivity contribution in [1.29, 1.82) is 0 Å². The second-order valence-electron chi connectivity index (χ2n) is 7.32. The fourth-order valence-corrected chi connectivity index (χ4v) is 4.04. The van der Waals surface area contributed by atoms with Gasteiger partial charge in [0.2, 0.25) is 11.8 Å². The molecule has 1 aromatic rings. The zero-order valence-electron chi connectivity index (χ0n) is 15.7. The van der Waals surface area contributed by atoms with Crippen molar-refractivity contribution in [2.45, 2.75) is 39.2 Å². The van der Waals surface area contributed by atoms with E-state index in [0.29, 0.717) is 32.8 Å². The molecule has 1 aliphatic heterocycles. The Morgan fingerprint density at radius 2 is 1.65 bits per heavy atom. The van der Waals surface area contributed by atoms with Crippen LogP contribution >= 0.6 is 0 Å². The van der Waals surface area contributed by atoms with Crippen LogP contribution in [0.5, 0.6) is 0 Å². The Bertz CT molecular complexity index is 591. The van der Waals surface area contributed by atoms with Gasteiger partial charge in [0, 0.05) is 38.0 Å². The average Bonchev–Trinajstić information content (AvgIpc) is 2.72. The van der Waals surface area contributed by atoms with Crippen LogP contribution in [-0.4, -0.2) is 54.5 Å². The lowest BCUT2D eigenvalue weighted by Crippen LogP contribution is -2.45. The van der Waals surface area contributed by atoms with Crippen molar-refractivity contribution in [2.24, 2.45) is 11.8 Å². The van der Waals surface area contributed by atoms with Crippen LogP contribution in [0.15, 0.2) is 30.3 Å². The van der Waals surface area contributed by atoms with E-state index >= 15 is 0 Å². The first-order valence-electron chi connectivity index (χ1n) is 9.88. The Morgan fingerprint density at radius 3 is 2.27 bits per heavy atom. The molecule has 0 bridgehead atoms. The van der Waals surface area contributed by atoms with Crippen molar-refractivity contribution >= 4 is 11.8 Å². The number of amides is 2. The smallest absolute Gasteiger partial charge is 0.225 e. The predicted molar refractivity (Wildman–Crippen MR) is 100 cm³/mol. The summed E-state index contributed by atoms with van der Waals surface area (Å²) in [5.41, 5.74) is 1.17. The molecule has 142 valence electrons. The average molecular weight is 358 g/mol. The molecule has 5 heteroatoms. The topological polar surface area (TPSA) is 49.9 Å². The molecular formula is C21H30N2O3. The van der Waals surface area contributed by atoms with Gasteiger partial charge in [-0.3, -0.25) is 9.59 Å². The lowest BCUT2D eigenvalue weighted by molar-refractivity contribution is -0.144. The molecule has 0 N–H and O–H groups in total. The fraction of sp³-hybridized carbons (Fsp3) is 0.619. The molecule has 3 rings (SSSR count). The van der Waals surface area contributed by atoms with Gasteiger partial charge < -0.3 is 14.5 Å². The van der Waals surface area contributed by atoms with Gasteiger partial charge in [0.05, 0.1) is 13.2 Å². The van der Waals surface area contributed by atoms with Gasteiger partial charge in [0.15, 0.2) is 0 Å². The number of carbonyl (C=O) groups is 2. The summed E-state index contributed by atoms with van der Waals surface area (Å²) in [5.74, 6) is 0.651. The number of hydrogen-bond acceptors (Lipinski definition) is 3. The summed E-state index contributed by atoms with van der Waals surface area (Å²) < 4.78 is 5.33. The minimum atomic E-state index is 0.0624. The van der Waals surface area contributed by atoms with Crippen LogP contribution in [0.1, 0.15) is 38.2 Å². The molecule has 0 unspecified atom stereocenters. The second kappa shape index (κ2) is 9.17. The predicted octanol–water partition coefficient (Wildman–Crippen LogP) is 2.70. The Morgan fingerprint density at radius 1 is 1.04 bits per heavy atom. The normalized spacial score (nSPS) is 23.5. The first-order chi connectivity index (χ1) is 12.7. The third kappa shape index (κ3) is 4.64. The van der Waals surface area contributed by atoms with E-state index in [1.165, 1.54) is 5.56 Å². The molecule has 1 aromatic carbocycles. The van der Waals surface area contributed by atoms with Crippen molar-refractivity contribution in [3.05, 3.63) is 35.9 Å². The second-order valence-corrected chi connectivity index (χ2v) is 7.32. The zero-order chi connectivity index (χ0) is 18.4. The molecule has 0 aromatic heterocycles. The highest BCUT2D eigenvalue weighted by Crippen LogP contribution is 2.31. The zero-order valence-corrected chi connectivity index (χ0v) is 15.7. The molecule has 2 fully saturated rings. The lowest BCUT2D eigenvalue weighted by Gasteiger charge is -2.35. The van der Waals surface area contributed by atoms with Crippen LogP contribution in [0.3, 0.4) is 0 Å². The van der Waals surface area contributed by atoms with Gasteiger partial charge >= 0.3 is 0 Å². The number of carbonyl (C=O) groups excluding carboxylic acids is 2. The Kier molecular flexibility index (Phi) is 6.67. The maximum atomic E-state index is 12.9. The summed E-state index contributed by atoms with van der Waals surface area (Å²) in [6, 6.07) is 10.1. The van der Waals surface area contributed by atoms with Gasteiger partial charge in [-0.25, -0.2) is 0 Å². The van der Waals surface area contributed by atoms with E-state index in [4.69, 9.17) is 4.74 Å². The molecule has 2 amide bonds. The number of benzene rings is 1. The molecule has 1 aliphatic carbocycles. The van der Waals surface area contributed by atoms with Crippen LogP contribution in [0.25, 0.3) is 0 Å². The number of ether oxygens (including phenoxy) is 1. The standard InChI is InChI=1S/C21H30N2O3/c1-2-22(16-17-6-4-3-5-7-17)20(24)18-8-10-19(11-9-18)21(25)23-12-14-26-15-13-23/h3-7,18-19H,2,8-16H2,1H3. The Hall–Kier alpha value is -1.88. The van der Waals surface area contributed by atoms with Gasteiger partial charge in [-0.05, 0) is 38.2 Å². The van der Waals surface area contributed by atoms with Crippen molar-refractivity contribution in [3.8, 4) is 0 Å². The van der Waals surface area contributed by atoms with Crippen LogP contribution in [0.4, 0.5) is 0 Å². The third-order valence-corrected chi connectivity index (χ3v) is 5.66. The molecule has 1 saturated heterocycles. The molecule has 5 nitrogen and oxygen atoms in total. The van der Waals surface area contributed by atoms with E-state index in [9.17, 15) is 9.59 Å². The molecule has 1 heterocycles. The highest BCUT2D eigenvalue weighted by molar-refractivity contribution is 5.81. The van der Waals surface area contributed by atoms with E-state index in [-0.39, 0.29) is 23.7 Å². The molecule has 26 heavy (non-hydrogen) atoms. The summed E-state index contributed by atoms with van der Waals surface area (Å²) >= 11 is 0. The maximum absolute atomic E-state index is 12.9. The van der Waals surface area contributed by atoms with Gasteiger partial charge in [-0.1, -0.05) is 30.3 Å². The van der Waals surface area contributed by atoms with Crippen molar-refractivity contribution < 1.29 is 14.3 Å². The van der Waals surface area contributed by atoms with Gasteiger partial charge in [0.1, 0.15) is 0 Å². The SMILES string of the molecule is CCN(Cc1ccccc1)C(=O)C1CCC(C(=O)N2CCOCC2)CC1. The van der Waals surface area contributed by atoms with E-state index in [1.807, 2.05) is 34.9 Å². The van der Waals surface area contributed by atoms with Crippen LogP contribution in [0.2, 0.25) is 0 Å². The molecule has 0 spiro atoms. The van der Waals surface area contributed by atoms with Crippen LogP contribution < -0.4 is 0 Å². The monoisotopic (exact) mass is 358 g/mol. The van der Waals surface area contributed by atoms with Crippen LogP contribution in [0, 0.1) is 11.8 Å². The number of nitrogens with zero attached hydrogens (tertiary/aromatic N) is 2. The number of morpholine rings is 1. The van der Waals surface area contributed by atoms with Crippen LogP contribution in [-0.2, 0) is 20.9 Å². The minimum absolute atomic E-state index is 0.0624. The maximum Gasteiger partial charge on any atom is 0.225 e. The molecule has 0 radical (unpaired) electrons. The van der Waals surface area contributed by atoms with E-state index < -0.39 is 0 Å². The van der Waals surface area contributed by atoms with Crippen molar-refractivity contribution in [1.82, 2.24) is 9.80 Å². The highest BCUT2D eigenvalue weighted by Gasteiger charge is 2.34. The molecular weight excluding hydrogens is 328 g/mol. The molecule has 1 saturated carbocycles. The lowest BCUT2D eigenvalue weighted by atomic mass is 9.80. The van der Waals surface area contributed by atoms with E-state index in [0.717, 1.165) is 32.2 Å². The van der Waals surface area contributed by atoms with Crippen molar-refractivity contribution in [3.63, 3.8) is 0 Å².